The molecule has 2 aliphatic heterocycles. The minimum Gasteiger partial charge on any atom is -0.381 e. The van der Waals surface area contributed by atoms with Crippen LogP contribution in [0.2, 0.25) is 5.02 Å². The lowest BCUT2D eigenvalue weighted by atomic mass is 10.0. The summed E-state index contributed by atoms with van der Waals surface area (Å²) in [5.74, 6) is -0.210. The van der Waals surface area contributed by atoms with Crippen LogP contribution in [0.15, 0.2) is 41.3 Å². The summed E-state index contributed by atoms with van der Waals surface area (Å²) >= 11 is 6.65. The van der Waals surface area contributed by atoms with Gasteiger partial charge in [0.15, 0.2) is 0 Å². The number of halogens is 4. The number of amides is 2. The zero-order chi connectivity index (χ0) is 25.4. The van der Waals surface area contributed by atoms with E-state index in [4.69, 9.17) is 16.3 Å². The summed E-state index contributed by atoms with van der Waals surface area (Å²) in [6.07, 6.45) is -1.13. The maximum atomic E-state index is 13.5. The second kappa shape index (κ2) is 9.87. The van der Waals surface area contributed by atoms with Crippen LogP contribution < -0.4 is 0 Å². The average Bonchev–Trinajstić information content (AvgIpc) is 3.35. The summed E-state index contributed by atoms with van der Waals surface area (Å²) < 4.78 is 47.2. The first-order valence-corrected chi connectivity index (χ1v) is 12.4. The Morgan fingerprint density at radius 1 is 1.19 bits per heavy atom. The summed E-state index contributed by atoms with van der Waals surface area (Å²) in [7, 11) is 0. The van der Waals surface area contributed by atoms with Crippen molar-refractivity contribution in [1.29, 1.82) is 0 Å². The number of fused-ring (bicyclic) bond motifs is 1. The van der Waals surface area contributed by atoms with Gasteiger partial charge in [-0.3, -0.25) is 14.5 Å². The van der Waals surface area contributed by atoms with Crippen LogP contribution in [0.4, 0.5) is 18.0 Å². The molecule has 1 aromatic heterocycles. The SMILES string of the molecule is O=C1S/C(=C\c2ccc3c(c2)nnn3Cc2ccc(Cl)cc2C(F)(F)F)C(=O)N1C[C@@H]1CCCOC1. The van der Waals surface area contributed by atoms with Gasteiger partial charge in [-0.25, -0.2) is 4.68 Å². The smallest absolute Gasteiger partial charge is 0.381 e. The molecule has 0 spiro atoms. The minimum absolute atomic E-state index is 0.00402. The van der Waals surface area contributed by atoms with Gasteiger partial charge in [0.2, 0.25) is 0 Å². The van der Waals surface area contributed by atoms with Crippen molar-refractivity contribution in [3.05, 3.63) is 63.0 Å². The number of thioether (sulfide) groups is 1. The highest BCUT2D eigenvalue weighted by Crippen LogP contribution is 2.35. The molecule has 188 valence electrons. The highest BCUT2D eigenvalue weighted by molar-refractivity contribution is 8.18. The quantitative estimate of drug-likeness (QED) is 0.394. The number of imide groups is 1. The molecule has 12 heteroatoms. The molecule has 0 radical (unpaired) electrons. The first-order chi connectivity index (χ1) is 17.2. The molecular formula is C24H20ClF3N4O3S. The number of carbonyl (C=O) groups is 2. The highest BCUT2D eigenvalue weighted by Gasteiger charge is 2.37. The topological polar surface area (TPSA) is 77.3 Å². The molecule has 2 aromatic carbocycles. The number of benzene rings is 2. The third kappa shape index (κ3) is 5.14. The summed E-state index contributed by atoms with van der Waals surface area (Å²) in [5.41, 5.74) is 0.791. The van der Waals surface area contributed by atoms with E-state index in [1.54, 1.807) is 24.3 Å². The fourth-order valence-electron chi connectivity index (χ4n) is 4.33. The van der Waals surface area contributed by atoms with E-state index in [1.165, 1.54) is 21.7 Å². The summed E-state index contributed by atoms with van der Waals surface area (Å²) in [6.45, 7) is 1.42. The molecule has 7 nitrogen and oxygen atoms in total. The van der Waals surface area contributed by atoms with Crippen LogP contribution in [0.25, 0.3) is 17.1 Å². The Balaban J connectivity index is 1.36. The molecule has 2 fully saturated rings. The van der Waals surface area contributed by atoms with Crippen molar-refractivity contribution < 1.29 is 27.5 Å². The number of rotatable bonds is 5. The molecule has 0 unspecified atom stereocenters. The number of hydrogen-bond donors (Lipinski definition) is 0. The average molecular weight is 537 g/mol. The number of nitrogens with zero attached hydrogens (tertiary/aromatic N) is 4. The Morgan fingerprint density at radius 2 is 2.03 bits per heavy atom. The predicted molar refractivity (Wildman–Crippen MR) is 129 cm³/mol. The molecule has 0 N–H and O–H groups in total. The van der Waals surface area contributed by atoms with E-state index in [0.717, 1.165) is 30.7 Å². The maximum absolute atomic E-state index is 13.5. The number of ether oxygens (including phenoxy) is 1. The van der Waals surface area contributed by atoms with Crippen molar-refractivity contribution in [2.24, 2.45) is 5.92 Å². The van der Waals surface area contributed by atoms with E-state index in [-0.39, 0.29) is 34.2 Å². The van der Waals surface area contributed by atoms with Crippen LogP contribution >= 0.6 is 23.4 Å². The molecule has 2 saturated heterocycles. The molecule has 0 aliphatic carbocycles. The van der Waals surface area contributed by atoms with Gasteiger partial charge in [0.05, 0.1) is 29.1 Å². The van der Waals surface area contributed by atoms with Crippen molar-refractivity contribution >= 4 is 51.6 Å². The zero-order valence-corrected chi connectivity index (χ0v) is 20.4. The lowest BCUT2D eigenvalue weighted by Gasteiger charge is -2.25. The lowest BCUT2D eigenvalue weighted by molar-refractivity contribution is -0.138. The maximum Gasteiger partial charge on any atom is 0.416 e. The third-order valence-electron chi connectivity index (χ3n) is 6.10. The Morgan fingerprint density at radius 3 is 2.78 bits per heavy atom. The number of aromatic nitrogens is 3. The van der Waals surface area contributed by atoms with E-state index in [2.05, 4.69) is 10.3 Å². The van der Waals surface area contributed by atoms with Gasteiger partial charge in [-0.1, -0.05) is 28.9 Å². The Hall–Kier alpha value is -2.89. The lowest BCUT2D eigenvalue weighted by Crippen LogP contribution is -2.36. The highest BCUT2D eigenvalue weighted by atomic mass is 35.5. The van der Waals surface area contributed by atoms with E-state index < -0.39 is 11.7 Å². The molecule has 36 heavy (non-hydrogen) atoms. The van der Waals surface area contributed by atoms with Crippen LogP contribution in [0, 0.1) is 5.92 Å². The fraction of sp³-hybridized carbons (Fsp3) is 0.333. The molecular weight excluding hydrogens is 517 g/mol. The van der Waals surface area contributed by atoms with Gasteiger partial charge in [-0.2, -0.15) is 13.2 Å². The van der Waals surface area contributed by atoms with Crippen LogP contribution in [0.5, 0.6) is 0 Å². The first-order valence-electron chi connectivity index (χ1n) is 11.2. The standard InChI is InChI=1S/C24H20ClF3N4O3S/c25-17-5-4-16(18(10-17)24(26,27)28)12-32-20-6-3-14(8-19(20)29-30-32)9-21-22(33)31(23(34)36-21)11-15-2-1-7-35-13-15/h3-6,8-10,15H,1-2,7,11-13H2/b21-9-/t15-/m0/s1. The molecule has 1 atom stereocenters. The van der Waals surface area contributed by atoms with Crippen molar-refractivity contribution in [3.63, 3.8) is 0 Å². The Labute approximate surface area is 213 Å². The van der Waals surface area contributed by atoms with Gasteiger partial charge in [0.25, 0.3) is 11.1 Å². The molecule has 2 amide bonds. The monoisotopic (exact) mass is 536 g/mol. The van der Waals surface area contributed by atoms with Gasteiger partial charge in [-0.15, -0.1) is 5.10 Å². The van der Waals surface area contributed by atoms with Crippen molar-refractivity contribution in [2.75, 3.05) is 19.8 Å². The molecule has 3 aromatic rings. The number of hydrogen-bond acceptors (Lipinski definition) is 6. The van der Waals surface area contributed by atoms with Gasteiger partial charge < -0.3 is 4.74 Å². The molecule has 5 rings (SSSR count). The van der Waals surface area contributed by atoms with Gasteiger partial charge in [-0.05, 0) is 66.1 Å². The molecule has 2 aliphatic rings. The van der Waals surface area contributed by atoms with Crippen LogP contribution in [0.3, 0.4) is 0 Å². The van der Waals surface area contributed by atoms with E-state index >= 15 is 0 Å². The van der Waals surface area contributed by atoms with Crippen molar-refractivity contribution in [2.45, 2.75) is 25.6 Å². The van der Waals surface area contributed by atoms with Gasteiger partial charge in [0.1, 0.15) is 5.52 Å². The van der Waals surface area contributed by atoms with E-state index in [9.17, 15) is 22.8 Å². The van der Waals surface area contributed by atoms with E-state index in [1.807, 2.05) is 0 Å². The van der Waals surface area contributed by atoms with Gasteiger partial charge >= 0.3 is 6.18 Å². The zero-order valence-electron chi connectivity index (χ0n) is 18.8. The Kier molecular flexibility index (Phi) is 6.80. The minimum atomic E-state index is -4.56. The van der Waals surface area contributed by atoms with E-state index in [0.29, 0.717) is 41.3 Å². The summed E-state index contributed by atoms with van der Waals surface area (Å²) in [5, 5.41) is 7.77. The third-order valence-corrected chi connectivity index (χ3v) is 7.24. The van der Waals surface area contributed by atoms with Gasteiger partial charge in [0, 0.05) is 24.1 Å². The van der Waals surface area contributed by atoms with Crippen LogP contribution in [0.1, 0.15) is 29.5 Å². The normalized spacial score (nSPS) is 20.2. The fourth-order valence-corrected chi connectivity index (χ4v) is 5.35. The second-order valence-electron chi connectivity index (χ2n) is 8.67. The van der Waals surface area contributed by atoms with Crippen LogP contribution in [-0.2, 0) is 22.3 Å². The summed E-state index contributed by atoms with van der Waals surface area (Å²) in [4.78, 5) is 26.8. The number of carbonyl (C=O) groups excluding carboxylic acids is 2. The molecule has 0 saturated carbocycles. The van der Waals surface area contributed by atoms with Crippen molar-refractivity contribution in [1.82, 2.24) is 19.9 Å². The molecule has 0 bridgehead atoms. The summed E-state index contributed by atoms with van der Waals surface area (Å²) in [6, 6.07) is 8.67. The number of alkyl halides is 3. The predicted octanol–water partition coefficient (Wildman–Crippen LogP) is 5.61. The first kappa shape index (κ1) is 24.8. The van der Waals surface area contributed by atoms with Crippen molar-refractivity contribution in [3.8, 4) is 0 Å². The Bertz CT molecular complexity index is 1370. The molecule has 3 heterocycles. The second-order valence-corrected chi connectivity index (χ2v) is 10.1. The van der Waals surface area contributed by atoms with Crippen LogP contribution in [-0.4, -0.2) is 50.8 Å². The largest absolute Gasteiger partial charge is 0.416 e.